The highest BCUT2D eigenvalue weighted by Crippen LogP contribution is 2.13. The normalized spacial score (nSPS) is 12.0. The molecule has 10 heavy (non-hydrogen) atoms. The van der Waals surface area contributed by atoms with Crippen LogP contribution in [0.5, 0.6) is 0 Å². The number of aromatic nitrogens is 2. The molecule has 0 fully saturated rings. The van der Waals surface area contributed by atoms with Crippen LogP contribution in [0.1, 0.15) is 26.0 Å². The van der Waals surface area contributed by atoms with Crippen LogP contribution < -0.4 is 0 Å². The summed E-state index contributed by atoms with van der Waals surface area (Å²) in [5.41, 5.74) is 2.35. The molecule has 2 nitrogen and oxygen atoms in total. The van der Waals surface area contributed by atoms with Crippen LogP contribution in [0.4, 0.5) is 0 Å². The Kier molecular flexibility index (Phi) is 2.26. The zero-order chi connectivity index (χ0) is 7.40. The van der Waals surface area contributed by atoms with Gasteiger partial charge in [-0.3, -0.25) is 5.10 Å². The molecule has 0 amide bonds. The van der Waals surface area contributed by atoms with E-state index in [2.05, 4.69) is 23.2 Å². The number of aromatic amines is 1. The minimum atomic E-state index is 1.04. The monoisotopic (exact) mass is 136 g/mol. The van der Waals surface area contributed by atoms with Crippen molar-refractivity contribution in [2.45, 2.75) is 20.3 Å². The van der Waals surface area contributed by atoms with Crippen LogP contribution in [0.3, 0.4) is 0 Å². The molecule has 1 N–H and O–H groups in total. The number of nitrogens with one attached hydrogen (secondary N) is 1. The van der Waals surface area contributed by atoms with E-state index >= 15 is 0 Å². The molecule has 1 heterocycles. The van der Waals surface area contributed by atoms with Crippen LogP contribution >= 0.6 is 0 Å². The maximum absolute atomic E-state index is 4.06. The summed E-state index contributed by atoms with van der Waals surface area (Å²) in [4.78, 5) is 0. The Labute approximate surface area is 61.0 Å². The summed E-state index contributed by atoms with van der Waals surface area (Å²) in [6.45, 7) is 4.16. The number of nitrogens with zero attached hydrogens (tertiary/aromatic N) is 1. The fourth-order valence-corrected chi connectivity index (χ4v) is 0.972. The number of rotatable bonds is 2. The summed E-state index contributed by atoms with van der Waals surface area (Å²) in [6, 6.07) is 1.98. The average Bonchev–Trinajstić information content (AvgIpc) is 2.43. The Morgan fingerprint density at radius 1 is 1.80 bits per heavy atom. The van der Waals surface area contributed by atoms with Gasteiger partial charge >= 0.3 is 0 Å². The topological polar surface area (TPSA) is 28.7 Å². The fraction of sp³-hybridized carbons (Fsp3) is 0.375. The van der Waals surface area contributed by atoms with Gasteiger partial charge in [0.2, 0.25) is 0 Å². The van der Waals surface area contributed by atoms with Gasteiger partial charge in [-0.25, -0.2) is 0 Å². The predicted octanol–water partition coefficient (Wildman–Crippen LogP) is 2.22. The molecule has 0 saturated carbocycles. The van der Waals surface area contributed by atoms with Crippen LogP contribution in [0, 0.1) is 0 Å². The minimum Gasteiger partial charge on any atom is -0.285 e. The van der Waals surface area contributed by atoms with E-state index in [9.17, 15) is 0 Å². The molecule has 0 unspecified atom stereocenters. The Morgan fingerprint density at radius 2 is 2.60 bits per heavy atom. The number of hydrogen-bond acceptors (Lipinski definition) is 1. The summed E-state index contributed by atoms with van der Waals surface area (Å²) in [5, 5.41) is 6.85. The first-order chi connectivity index (χ1) is 4.88. The van der Waals surface area contributed by atoms with Gasteiger partial charge in [0.1, 0.15) is 0 Å². The Bertz CT molecular complexity index is 209. The zero-order valence-corrected chi connectivity index (χ0v) is 6.39. The fourth-order valence-electron chi connectivity index (χ4n) is 0.972. The standard InChI is InChI=1S/C8H12N2/c1-3-7(4-2)8-5-6-9-10-8/h3,5-6H,4H2,1-2H3,(H,9,10)/b7-3+. The summed E-state index contributed by atoms with van der Waals surface area (Å²) in [6.07, 6.45) is 4.98. The lowest BCUT2D eigenvalue weighted by molar-refractivity contribution is 1.06. The molecule has 1 aromatic heterocycles. The maximum atomic E-state index is 4.06. The van der Waals surface area contributed by atoms with Crippen LogP contribution in [-0.4, -0.2) is 10.2 Å². The van der Waals surface area contributed by atoms with Crippen molar-refractivity contribution in [2.24, 2.45) is 0 Å². The van der Waals surface area contributed by atoms with Crippen LogP contribution in [0.25, 0.3) is 5.57 Å². The van der Waals surface area contributed by atoms with Crippen molar-refractivity contribution in [3.8, 4) is 0 Å². The maximum Gasteiger partial charge on any atom is 0.0876 e. The van der Waals surface area contributed by atoms with E-state index in [0.29, 0.717) is 0 Å². The van der Waals surface area contributed by atoms with Gasteiger partial charge in [0.15, 0.2) is 0 Å². The molecule has 2 heteroatoms. The third kappa shape index (κ3) is 1.26. The third-order valence-electron chi connectivity index (χ3n) is 1.56. The highest BCUT2D eigenvalue weighted by molar-refractivity contribution is 5.61. The van der Waals surface area contributed by atoms with E-state index in [1.54, 1.807) is 0 Å². The van der Waals surface area contributed by atoms with Gasteiger partial charge in [0.25, 0.3) is 0 Å². The van der Waals surface area contributed by atoms with Gasteiger partial charge in [0.05, 0.1) is 5.69 Å². The lowest BCUT2D eigenvalue weighted by Gasteiger charge is -1.95. The van der Waals surface area contributed by atoms with Crippen molar-refractivity contribution in [3.05, 3.63) is 24.0 Å². The Hall–Kier alpha value is -1.05. The molecule has 0 bridgehead atoms. The molecule has 0 aliphatic carbocycles. The molecule has 54 valence electrons. The number of allylic oxidation sites excluding steroid dienone is 2. The van der Waals surface area contributed by atoms with Gasteiger partial charge in [0, 0.05) is 6.20 Å². The van der Waals surface area contributed by atoms with Crippen LogP contribution in [-0.2, 0) is 0 Å². The van der Waals surface area contributed by atoms with Crippen molar-refractivity contribution in [2.75, 3.05) is 0 Å². The smallest absolute Gasteiger partial charge is 0.0876 e. The molecule has 0 radical (unpaired) electrons. The molecule has 1 aromatic rings. The van der Waals surface area contributed by atoms with E-state index in [0.717, 1.165) is 12.1 Å². The first kappa shape index (κ1) is 7.06. The van der Waals surface area contributed by atoms with Crippen molar-refractivity contribution >= 4 is 5.57 Å². The molecule has 0 spiro atoms. The second-order valence-corrected chi connectivity index (χ2v) is 2.13. The number of hydrogen-bond donors (Lipinski definition) is 1. The summed E-state index contributed by atoms with van der Waals surface area (Å²) >= 11 is 0. The second kappa shape index (κ2) is 3.20. The van der Waals surface area contributed by atoms with Gasteiger partial charge in [-0.1, -0.05) is 13.0 Å². The molecule has 0 aliphatic heterocycles. The Morgan fingerprint density at radius 3 is 3.00 bits per heavy atom. The van der Waals surface area contributed by atoms with Crippen molar-refractivity contribution < 1.29 is 0 Å². The third-order valence-corrected chi connectivity index (χ3v) is 1.56. The van der Waals surface area contributed by atoms with E-state index in [-0.39, 0.29) is 0 Å². The van der Waals surface area contributed by atoms with E-state index in [1.807, 2.05) is 19.2 Å². The highest BCUT2D eigenvalue weighted by atomic mass is 15.1. The molecule has 0 aromatic carbocycles. The van der Waals surface area contributed by atoms with Gasteiger partial charge < -0.3 is 0 Å². The van der Waals surface area contributed by atoms with E-state index in [1.165, 1.54) is 5.57 Å². The van der Waals surface area contributed by atoms with E-state index in [4.69, 9.17) is 0 Å². The van der Waals surface area contributed by atoms with Gasteiger partial charge in [-0.2, -0.15) is 5.10 Å². The first-order valence-electron chi connectivity index (χ1n) is 3.53. The lowest BCUT2D eigenvalue weighted by atomic mass is 10.1. The van der Waals surface area contributed by atoms with Gasteiger partial charge in [-0.15, -0.1) is 0 Å². The second-order valence-electron chi connectivity index (χ2n) is 2.13. The molecular formula is C8H12N2. The van der Waals surface area contributed by atoms with Crippen LogP contribution in [0.15, 0.2) is 18.3 Å². The molecule has 1 rings (SSSR count). The van der Waals surface area contributed by atoms with Crippen LogP contribution in [0.2, 0.25) is 0 Å². The largest absolute Gasteiger partial charge is 0.285 e. The molecule has 0 atom stereocenters. The SMILES string of the molecule is C/C=C(\CC)c1cc[nH]n1. The quantitative estimate of drug-likeness (QED) is 0.663. The first-order valence-corrected chi connectivity index (χ1v) is 3.53. The molecular weight excluding hydrogens is 124 g/mol. The Balaban J connectivity index is 2.85. The zero-order valence-electron chi connectivity index (χ0n) is 6.39. The summed E-state index contributed by atoms with van der Waals surface area (Å²) in [7, 11) is 0. The lowest BCUT2D eigenvalue weighted by Crippen LogP contribution is -1.81. The van der Waals surface area contributed by atoms with Crippen molar-refractivity contribution in [3.63, 3.8) is 0 Å². The minimum absolute atomic E-state index is 1.04. The van der Waals surface area contributed by atoms with Crippen molar-refractivity contribution in [1.29, 1.82) is 0 Å². The van der Waals surface area contributed by atoms with Crippen molar-refractivity contribution in [1.82, 2.24) is 10.2 Å². The van der Waals surface area contributed by atoms with E-state index < -0.39 is 0 Å². The molecule has 0 saturated heterocycles. The van der Waals surface area contributed by atoms with Gasteiger partial charge in [-0.05, 0) is 25.0 Å². The average molecular weight is 136 g/mol. The summed E-state index contributed by atoms with van der Waals surface area (Å²) in [5.74, 6) is 0. The molecule has 0 aliphatic rings. The highest BCUT2D eigenvalue weighted by Gasteiger charge is 1.97. The summed E-state index contributed by atoms with van der Waals surface area (Å²) < 4.78 is 0. The number of H-pyrrole nitrogens is 1. The predicted molar refractivity (Wildman–Crippen MR) is 42.5 cm³/mol.